The molecule has 0 aliphatic rings. The maximum atomic E-state index is 13.9. The number of rotatable bonds is 11. The molecule has 2 N–H and O–H groups in total. The SMILES string of the molecule is COc1cc(C(=O)NCc2nnc(SCC(=O)Nc3ccccc3F)n2-c2ccccc2)cc(OC)c1OC. The van der Waals surface area contributed by atoms with Gasteiger partial charge in [0.1, 0.15) is 5.82 Å². The van der Waals surface area contributed by atoms with Gasteiger partial charge in [-0.25, -0.2) is 4.39 Å². The zero-order valence-electron chi connectivity index (χ0n) is 21.4. The number of carbonyl (C=O) groups is 2. The number of carbonyl (C=O) groups excluding carboxylic acids is 2. The first-order valence-electron chi connectivity index (χ1n) is 11.7. The van der Waals surface area contributed by atoms with Gasteiger partial charge >= 0.3 is 0 Å². The van der Waals surface area contributed by atoms with Crippen LogP contribution in [0, 0.1) is 5.82 Å². The molecular weight excluding hydrogens is 525 g/mol. The van der Waals surface area contributed by atoms with E-state index in [-0.39, 0.29) is 18.0 Å². The molecule has 0 bridgehead atoms. The van der Waals surface area contributed by atoms with Crippen molar-refractivity contribution in [2.75, 3.05) is 32.4 Å². The highest BCUT2D eigenvalue weighted by Gasteiger charge is 2.20. The molecule has 0 radical (unpaired) electrons. The van der Waals surface area contributed by atoms with E-state index in [0.717, 1.165) is 17.4 Å². The van der Waals surface area contributed by atoms with Gasteiger partial charge in [0.15, 0.2) is 22.5 Å². The van der Waals surface area contributed by atoms with E-state index in [4.69, 9.17) is 14.2 Å². The van der Waals surface area contributed by atoms with Crippen molar-refractivity contribution < 1.29 is 28.2 Å². The summed E-state index contributed by atoms with van der Waals surface area (Å²) in [4.78, 5) is 25.5. The Bertz CT molecular complexity index is 1440. The molecule has 1 heterocycles. The van der Waals surface area contributed by atoms with Gasteiger partial charge in [0.05, 0.1) is 39.3 Å². The van der Waals surface area contributed by atoms with Crippen LogP contribution in [0.15, 0.2) is 71.9 Å². The Labute approximate surface area is 228 Å². The number of anilines is 1. The van der Waals surface area contributed by atoms with E-state index in [1.54, 1.807) is 28.8 Å². The van der Waals surface area contributed by atoms with Crippen molar-refractivity contribution in [2.45, 2.75) is 11.7 Å². The van der Waals surface area contributed by atoms with Gasteiger partial charge in [-0.15, -0.1) is 10.2 Å². The minimum absolute atomic E-state index is 0.0307. The number of para-hydroxylation sites is 2. The van der Waals surface area contributed by atoms with Crippen molar-refractivity contribution in [1.82, 2.24) is 20.1 Å². The van der Waals surface area contributed by atoms with Gasteiger partial charge in [-0.1, -0.05) is 42.1 Å². The van der Waals surface area contributed by atoms with Crippen LogP contribution in [-0.2, 0) is 11.3 Å². The first kappa shape index (κ1) is 27.5. The van der Waals surface area contributed by atoms with Crippen LogP contribution < -0.4 is 24.8 Å². The lowest BCUT2D eigenvalue weighted by Crippen LogP contribution is -2.25. The third-order valence-electron chi connectivity index (χ3n) is 5.53. The number of amides is 2. The second-order valence-corrected chi connectivity index (χ2v) is 8.93. The van der Waals surface area contributed by atoms with Gasteiger partial charge in [-0.2, -0.15) is 0 Å². The highest BCUT2D eigenvalue weighted by molar-refractivity contribution is 7.99. The molecule has 0 aliphatic carbocycles. The fourth-order valence-electron chi connectivity index (χ4n) is 3.70. The average Bonchev–Trinajstić information content (AvgIpc) is 3.38. The lowest BCUT2D eigenvalue weighted by atomic mass is 10.1. The summed E-state index contributed by atoms with van der Waals surface area (Å²) in [5.74, 6) is 0.175. The molecule has 2 amide bonds. The number of hydrogen-bond donors (Lipinski definition) is 2. The molecule has 0 saturated heterocycles. The number of benzene rings is 3. The summed E-state index contributed by atoms with van der Waals surface area (Å²) in [5.41, 5.74) is 1.15. The minimum atomic E-state index is -0.520. The van der Waals surface area contributed by atoms with Crippen molar-refractivity contribution in [2.24, 2.45) is 0 Å². The first-order valence-corrected chi connectivity index (χ1v) is 12.7. The molecule has 3 aromatic carbocycles. The summed E-state index contributed by atoms with van der Waals surface area (Å²) in [6, 6.07) is 18.3. The summed E-state index contributed by atoms with van der Waals surface area (Å²) in [6.45, 7) is 0.0410. The van der Waals surface area contributed by atoms with Crippen LogP contribution in [0.5, 0.6) is 17.2 Å². The molecule has 39 heavy (non-hydrogen) atoms. The number of ether oxygens (including phenoxy) is 3. The maximum Gasteiger partial charge on any atom is 0.251 e. The predicted molar refractivity (Wildman–Crippen MR) is 144 cm³/mol. The molecule has 202 valence electrons. The van der Waals surface area contributed by atoms with Crippen LogP contribution in [0.2, 0.25) is 0 Å². The summed E-state index contributed by atoms with van der Waals surface area (Å²) in [6.07, 6.45) is 0. The zero-order chi connectivity index (χ0) is 27.8. The Morgan fingerprint density at radius 2 is 1.59 bits per heavy atom. The quantitative estimate of drug-likeness (QED) is 0.268. The number of nitrogens with one attached hydrogen (secondary N) is 2. The number of nitrogens with zero attached hydrogens (tertiary/aromatic N) is 3. The summed E-state index contributed by atoms with van der Waals surface area (Å²) < 4.78 is 31.6. The van der Waals surface area contributed by atoms with Gasteiger partial charge in [0.2, 0.25) is 11.7 Å². The van der Waals surface area contributed by atoms with E-state index in [1.165, 1.54) is 33.5 Å². The largest absolute Gasteiger partial charge is 0.493 e. The number of hydrogen-bond acceptors (Lipinski definition) is 8. The van der Waals surface area contributed by atoms with Crippen LogP contribution in [0.1, 0.15) is 16.2 Å². The fraction of sp³-hybridized carbons (Fsp3) is 0.185. The Balaban J connectivity index is 1.51. The highest BCUT2D eigenvalue weighted by atomic mass is 32.2. The summed E-state index contributed by atoms with van der Waals surface area (Å²) in [5, 5.41) is 14.3. The normalized spacial score (nSPS) is 10.6. The van der Waals surface area contributed by atoms with Crippen LogP contribution in [0.25, 0.3) is 5.69 Å². The number of halogens is 1. The van der Waals surface area contributed by atoms with Crippen molar-refractivity contribution in [3.8, 4) is 22.9 Å². The molecule has 12 heteroatoms. The van der Waals surface area contributed by atoms with E-state index in [2.05, 4.69) is 20.8 Å². The molecule has 0 atom stereocenters. The number of thioether (sulfide) groups is 1. The Kier molecular flexibility index (Phi) is 9.00. The second-order valence-electron chi connectivity index (χ2n) is 7.98. The first-order chi connectivity index (χ1) is 18.9. The van der Waals surface area contributed by atoms with Crippen LogP contribution in [-0.4, -0.2) is 53.7 Å². The maximum absolute atomic E-state index is 13.9. The molecule has 1 aromatic heterocycles. The van der Waals surface area contributed by atoms with Crippen molar-refractivity contribution >= 4 is 29.3 Å². The zero-order valence-corrected chi connectivity index (χ0v) is 22.3. The van der Waals surface area contributed by atoms with Gasteiger partial charge in [0, 0.05) is 11.3 Å². The predicted octanol–water partition coefficient (Wildman–Crippen LogP) is 4.09. The number of methoxy groups -OCH3 is 3. The molecule has 4 rings (SSSR count). The van der Waals surface area contributed by atoms with Gasteiger partial charge < -0.3 is 24.8 Å². The van der Waals surface area contributed by atoms with Crippen LogP contribution >= 0.6 is 11.8 Å². The Morgan fingerprint density at radius 1 is 0.923 bits per heavy atom. The van der Waals surface area contributed by atoms with Gasteiger partial charge in [-0.05, 0) is 36.4 Å². The summed E-state index contributed by atoms with van der Waals surface area (Å²) in [7, 11) is 4.42. The van der Waals surface area contributed by atoms with Gasteiger partial charge in [0.25, 0.3) is 5.91 Å². The highest BCUT2D eigenvalue weighted by Crippen LogP contribution is 2.38. The van der Waals surface area contributed by atoms with Crippen LogP contribution in [0.3, 0.4) is 0 Å². The Morgan fingerprint density at radius 3 is 2.23 bits per heavy atom. The molecule has 0 saturated carbocycles. The second kappa shape index (κ2) is 12.8. The molecule has 0 aliphatic heterocycles. The molecule has 0 spiro atoms. The summed E-state index contributed by atoms with van der Waals surface area (Å²) >= 11 is 1.14. The van der Waals surface area contributed by atoms with Crippen molar-refractivity contribution in [3.63, 3.8) is 0 Å². The molecular formula is C27H26FN5O5S. The Hall–Kier alpha value is -4.58. The fourth-order valence-corrected chi connectivity index (χ4v) is 4.47. The van der Waals surface area contributed by atoms with E-state index in [9.17, 15) is 14.0 Å². The third-order valence-corrected chi connectivity index (χ3v) is 6.46. The van der Waals surface area contributed by atoms with Crippen LogP contribution in [0.4, 0.5) is 10.1 Å². The standard InChI is InChI=1S/C27H26FN5O5S/c1-36-21-13-17(14-22(37-2)25(21)38-3)26(35)29-15-23-31-32-27(33(23)18-9-5-4-6-10-18)39-16-24(34)30-20-12-8-7-11-19(20)28/h4-14H,15-16H2,1-3H3,(H,29,35)(H,30,34). The smallest absolute Gasteiger partial charge is 0.251 e. The van der Waals surface area contributed by atoms with E-state index >= 15 is 0 Å². The molecule has 0 unspecified atom stereocenters. The van der Waals surface area contributed by atoms with E-state index in [1.807, 2.05) is 30.3 Å². The van der Waals surface area contributed by atoms with Gasteiger partial charge in [-0.3, -0.25) is 14.2 Å². The van der Waals surface area contributed by atoms with E-state index in [0.29, 0.717) is 33.8 Å². The van der Waals surface area contributed by atoms with Crippen molar-refractivity contribution in [3.05, 3.63) is 83.9 Å². The average molecular weight is 552 g/mol. The molecule has 10 nitrogen and oxygen atoms in total. The third kappa shape index (κ3) is 6.47. The number of aromatic nitrogens is 3. The lowest BCUT2D eigenvalue weighted by Gasteiger charge is -2.14. The minimum Gasteiger partial charge on any atom is -0.493 e. The molecule has 4 aromatic rings. The van der Waals surface area contributed by atoms with E-state index < -0.39 is 17.6 Å². The topological polar surface area (TPSA) is 117 Å². The monoisotopic (exact) mass is 551 g/mol. The molecule has 0 fully saturated rings. The van der Waals surface area contributed by atoms with Crippen molar-refractivity contribution in [1.29, 1.82) is 0 Å². The lowest BCUT2D eigenvalue weighted by molar-refractivity contribution is -0.113.